The van der Waals surface area contributed by atoms with Gasteiger partial charge in [-0.25, -0.2) is 4.79 Å². The number of aryl methyl sites for hydroxylation is 1. The van der Waals surface area contributed by atoms with Gasteiger partial charge in [0.25, 0.3) is 0 Å². The van der Waals surface area contributed by atoms with E-state index in [9.17, 15) is 14.9 Å². The molecule has 0 spiro atoms. The maximum atomic E-state index is 10.9. The maximum absolute atomic E-state index is 10.9. The molecule has 1 rings (SSSR count). The third-order valence-corrected chi connectivity index (χ3v) is 1.22. The first-order valence-corrected chi connectivity index (χ1v) is 3.02. The Bertz CT molecular complexity index is 383. The van der Waals surface area contributed by atoms with Crippen LogP contribution in [-0.4, -0.2) is 14.6 Å². The predicted octanol–water partition coefficient (Wildman–Crippen LogP) is -0.826. The largest absolute Gasteiger partial charge is 0.459 e. The Morgan fingerprint density at radius 1 is 1.75 bits per heavy atom. The molecule has 0 aliphatic rings. The summed E-state index contributed by atoms with van der Waals surface area (Å²) in [5.74, 6) is 4.40. The lowest BCUT2D eigenvalue weighted by Crippen LogP contribution is -2.30. The molecule has 0 aliphatic carbocycles. The van der Waals surface area contributed by atoms with Crippen LogP contribution in [0.4, 0.5) is 5.95 Å². The van der Waals surface area contributed by atoms with Crippen LogP contribution in [0.1, 0.15) is 5.69 Å². The van der Waals surface area contributed by atoms with Crippen LogP contribution in [0.25, 0.3) is 0 Å². The molecule has 0 bridgehead atoms. The number of hydrogen-bond acceptors (Lipinski definition) is 5. The summed E-state index contributed by atoms with van der Waals surface area (Å²) in [6, 6.07) is 1.12. The summed E-state index contributed by atoms with van der Waals surface area (Å²) in [7, 11) is 0. The number of nitrogens with zero attached hydrogens (tertiary/aromatic N) is 3. The van der Waals surface area contributed by atoms with Crippen molar-refractivity contribution >= 4 is 5.95 Å². The fourth-order valence-electron chi connectivity index (χ4n) is 0.719. The van der Waals surface area contributed by atoms with E-state index < -0.39 is 16.4 Å². The Hall–Kier alpha value is -1.92. The normalized spacial score (nSPS) is 9.75. The first-order chi connectivity index (χ1) is 5.52. The number of aromatic nitrogens is 2. The van der Waals surface area contributed by atoms with Gasteiger partial charge in [0.05, 0.1) is 6.07 Å². The summed E-state index contributed by atoms with van der Waals surface area (Å²) in [6.07, 6.45) is 0. The zero-order valence-electron chi connectivity index (χ0n) is 6.22. The molecule has 12 heavy (non-hydrogen) atoms. The maximum Gasteiger partial charge on any atom is 0.459 e. The van der Waals surface area contributed by atoms with Crippen LogP contribution in [-0.2, 0) is 0 Å². The summed E-state index contributed by atoms with van der Waals surface area (Å²) < 4.78 is 0.396. The molecule has 0 amide bonds. The molecule has 0 aromatic carbocycles. The lowest BCUT2D eigenvalue weighted by atomic mass is 10.4. The molecule has 0 aliphatic heterocycles. The van der Waals surface area contributed by atoms with Gasteiger partial charge in [-0.15, -0.1) is 0 Å². The zero-order valence-corrected chi connectivity index (χ0v) is 6.22. The van der Waals surface area contributed by atoms with E-state index >= 15 is 0 Å². The van der Waals surface area contributed by atoms with E-state index in [1.165, 1.54) is 6.92 Å². The van der Waals surface area contributed by atoms with Gasteiger partial charge in [0.2, 0.25) is 0 Å². The lowest BCUT2D eigenvalue weighted by molar-refractivity contribution is -0.397. The topological polar surface area (TPSA) is 104 Å². The Morgan fingerprint density at radius 2 is 2.33 bits per heavy atom. The van der Waals surface area contributed by atoms with Gasteiger partial charge in [-0.2, -0.15) is 0 Å². The number of nitrogens with two attached hydrogens (primary N) is 1. The van der Waals surface area contributed by atoms with Gasteiger partial charge >= 0.3 is 11.5 Å². The molecule has 0 fully saturated rings. The average molecular weight is 170 g/mol. The first-order valence-electron chi connectivity index (χ1n) is 3.02. The van der Waals surface area contributed by atoms with Crippen molar-refractivity contribution in [2.24, 2.45) is 0 Å². The van der Waals surface area contributed by atoms with Crippen LogP contribution in [0.2, 0.25) is 0 Å². The number of nitro groups is 1. The van der Waals surface area contributed by atoms with Crippen molar-refractivity contribution in [3.8, 4) is 0 Å². The molecule has 0 atom stereocenters. The van der Waals surface area contributed by atoms with Crippen LogP contribution in [0.5, 0.6) is 0 Å². The highest BCUT2D eigenvalue weighted by atomic mass is 16.6. The molecule has 7 nitrogen and oxygen atoms in total. The molecule has 0 saturated carbocycles. The van der Waals surface area contributed by atoms with Crippen molar-refractivity contribution in [1.29, 1.82) is 0 Å². The Labute approximate surface area is 66.6 Å². The van der Waals surface area contributed by atoms with Crippen LogP contribution >= 0.6 is 0 Å². The molecule has 0 radical (unpaired) electrons. The highest BCUT2D eigenvalue weighted by Crippen LogP contribution is 2.00. The van der Waals surface area contributed by atoms with Crippen molar-refractivity contribution in [2.75, 3.05) is 5.84 Å². The quantitative estimate of drug-likeness (QED) is 0.336. The van der Waals surface area contributed by atoms with Gasteiger partial charge in [-0.1, -0.05) is 9.66 Å². The van der Waals surface area contributed by atoms with Crippen molar-refractivity contribution < 1.29 is 4.92 Å². The summed E-state index contributed by atoms with van der Waals surface area (Å²) in [6.45, 7) is 1.48. The second kappa shape index (κ2) is 2.61. The Kier molecular flexibility index (Phi) is 1.78. The molecule has 1 heterocycles. The predicted molar refractivity (Wildman–Crippen MR) is 40.0 cm³/mol. The molecule has 1 aromatic rings. The molecule has 7 heteroatoms. The van der Waals surface area contributed by atoms with E-state index in [0.717, 1.165) is 6.07 Å². The van der Waals surface area contributed by atoms with Gasteiger partial charge < -0.3 is 10.1 Å². The van der Waals surface area contributed by atoms with Gasteiger partial charge in [0, 0.05) is 0 Å². The van der Waals surface area contributed by atoms with E-state index in [1.807, 2.05) is 0 Å². The number of nitrogen functional groups attached to an aromatic ring is 1. The van der Waals surface area contributed by atoms with Gasteiger partial charge in [0.1, 0.15) is 5.69 Å². The molecular weight excluding hydrogens is 164 g/mol. The standard InChI is InChI=1S/C5H6N4O3/c1-3-2-4(10)8(6)5(7-3)9(11)12/h2H,6H2,1H3. The average Bonchev–Trinajstić information content (AvgIpc) is 1.96. The molecule has 64 valence electrons. The first kappa shape index (κ1) is 8.18. The van der Waals surface area contributed by atoms with Gasteiger partial charge in [-0.3, -0.25) is 5.84 Å². The monoisotopic (exact) mass is 170 g/mol. The Balaban J connectivity index is 3.48. The van der Waals surface area contributed by atoms with Crippen molar-refractivity contribution in [1.82, 2.24) is 9.66 Å². The highest BCUT2D eigenvalue weighted by Gasteiger charge is 2.14. The molecular formula is C5H6N4O3. The molecule has 0 unspecified atom stereocenters. The second-order valence-corrected chi connectivity index (χ2v) is 2.16. The fraction of sp³-hybridized carbons (Fsp3) is 0.200. The SMILES string of the molecule is Cc1cc(=O)n(N)c([N+](=O)[O-])n1. The van der Waals surface area contributed by atoms with Crippen LogP contribution in [0, 0.1) is 17.0 Å². The number of rotatable bonds is 1. The van der Waals surface area contributed by atoms with E-state index in [0.29, 0.717) is 4.68 Å². The third-order valence-electron chi connectivity index (χ3n) is 1.22. The molecule has 0 saturated heterocycles. The van der Waals surface area contributed by atoms with E-state index in [2.05, 4.69) is 4.98 Å². The van der Waals surface area contributed by atoms with Crippen LogP contribution < -0.4 is 11.4 Å². The van der Waals surface area contributed by atoms with E-state index in [-0.39, 0.29) is 5.69 Å². The lowest BCUT2D eigenvalue weighted by Gasteiger charge is -1.97. The fourth-order valence-corrected chi connectivity index (χ4v) is 0.719. The smallest absolute Gasteiger partial charge is 0.390 e. The minimum atomic E-state index is -0.811. The van der Waals surface area contributed by atoms with Crippen molar-refractivity contribution in [3.63, 3.8) is 0 Å². The summed E-state index contributed by atoms with van der Waals surface area (Å²) >= 11 is 0. The van der Waals surface area contributed by atoms with Gasteiger partial charge in [0.15, 0.2) is 0 Å². The Morgan fingerprint density at radius 3 is 2.83 bits per heavy atom. The third kappa shape index (κ3) is 1.24. The van der Waals surface area contributed by atoms with E-state index in [1.54, 1.807) is 0 Å². The number of hydrogen-bond donors (Lipinski definition) is 1. The van der Waals surface area contributed by atoms with Crippen LogP contribution in [0.15, 0.2) is 10.9 Å². The summed E-state index contributed by atoms with van der Waals surface area (Å²) in [4.78, 5) is 23.7. The summed E-state index contributed by atoms with van der Waals surface area (Å²) in [5.41, 5.74) is -0.373. The van der Waals surface area contributed by atoms with Gasteiger partial charge in [-0.05, 0) is 11.8 Å². The molecule has 2 N–H and O–H groups in total. The minimum Gasteiger partial charge on any atom is -0.390 e. The molecule has 1 aromatic heterocycles. The minimum absolute atomic E-state index is 0.272. The van der Waals surface area contributed by atoms with Crippen LogP contribution in [0.3, 0.4) is 0 Å². The zero-order chi connectivity index (χ0) is 9.30. The second-order valence-electron chi connectivity index (χ2n) is 2.16. The highest BCUT2D eigenvalue weighted by molar-refractivity contribution is 5.11. The van der Waals surface area contributed by atoms with Crippen molar-refractivity contribution in [3.05, 3.63) is 32.2 Å². The van der Waals surface area contributed by atoms with Crippen molar-refractivity contribution in [2.45, 2.75) is 6.92 Å². The summed E-state index contributed by atoms with van der Waals surface area (Å²) in [5, 5.41) is 10.2. The van der Waals surface area contributed by atoms with E-state index in [4.69, 9.17) is 5.84 Å².